The van der Waals surface area contributed by atoms with Gasteiger partial charge in [-0.2, -0.15) is 5.10 Å². The number of aryl methyl sites for hydroxylation is 2. The fourth-order valence-corrected chi connectivity index (χ4v) is 2.09. The Morgan fingerprint density at radius 3 is 2.61 bits per heavy atom. The molecule has 0 saturated heterocycles. The molecule has 0 spiro atoms. The maximum absolute atomic E-state index is 11.8. The third-order valence-electron chi connectivity index (χ3n) is 2.27. The van der Waals surface area contributed by atoms with Crippen molar-refractivity contribution in [2.75, 3.05) is 0 Å². The molecule has 2 aromatic heterocycles. The summed E-state index contributed by atoms with van der Waals surface area (Å²) in [6.07, 6.45) is 0. The smallest absolute Gasteiger partial charge is 0.266 e. The number of nitrogens with zero attached hydrogens (tertiary/aromatic N) is 2. The molecule has 0 aliphatic rings. The Labute approximate surface area is 108 Å². The minimum atomic E-state index is -0.400. The summed E-state index contributed by atoms with van der Waals surface area (Å²) in [5.41, 5.74) is 5.83. The van der Waals surface area contributed by atoms with E-state index in [-0.39, 0.29) is 5.91 Å². The predicted molar refractivity (Wildman–Crippen MR) is 67.2 cm³/mol. The quantitative estimate of drug-likeness (QED) is 0.790. The molecule has 2 aromatic rings. The van der Waals surface area contributed by atoms with E-state index in [2.05, 4.69) is 16.0 Å². The van der Waals surface area contributed by atoms with E-state index >= 15 is 0 Å². The minimum Gasteiger partial charge on any atom is -0.266 e. The van der Waals surface area contributed by atoms with Crippen molar-refractivity contribution in [1.29, 1.82) is 0 Å². The van der Waals surface area contributed by atoms with Crippen LogP contribution in [0.4, 0.5) is 0 Å². The summed E-state index contributed by atoms with van der Waals surface area (Å²) in [5.74, 6) is -0.736. The van der Waals surface area contributed by atoms with Gasteiger partial charge >= 0.3 is 0 Å². The number of thiophene rings is 1. The van der Waals surface area contributed by atoms with Gasteiger partial charge in [0.2, 0.25) is 0 Å². The van der Waals surface area contributed by atoms with Crippen LogP contribution < -0.4 is 10.9 Å². The van der Waals surface area contributed by atoms with Crippen LogP contribution in [0.5, 0.6) is 0 Å². The van der Waals surface area contributed by atoms with Crippen molar-refractivity contribution >= 4 is 23.2 Å². The summed E-state index contributed by atoms with van der Waals surface area (Å²) in [6.45, 7) is 1.79. The van der Waals surface area contributed by atoms with Gasteiger partial charge in [-0.15, -0.1) is 11.3 Å². The Morgan fingerprint density at radius 1 is 1.33 bits per heavy atom. The molecule has 2 amide bonds. The molecule has 7 heteroatoms. The maximum atomic E-state index is 11.8. The molecule has 6 nitrogen and oxygen atoms in total. The summed E-state index contributed by atoms with van der Waals surface area (Å²) in [6, 6.07) is 5.10. The molecule has 0 bridgehead atoms. The molecule has 94 valence electrons. The van der Waals surface area contributed by atoms with E-state index in [1.165, 1.54) is 16.0 Å². The summed E-state index contributed by atoms with van der Waals surface area (Å²) >= 11 is 1.30. The molecule has 0 fully saturated rings. The third-order valence-corrected chi connectivity index (χ3v) is 3.14. The third kappa shape index (κ3) is 2.57. The van der Waals surface area contributed by atoms with Crippen LogP contribution in [0, 0.1) is 6.92 Å². The molecule has 0 atom stereocenters. The number of hydrazine groups is 1. The molecular weight excluding hydrogens is 252 g/mol. The predicted octanol–water partition coefficient (Wildman–Crippen LogP) is 0.865. The normalized spacial score (nSPS) is 10.1. The average molecular weight is 264 g/mol. The Kier molecular flexibility index (Phi) is 3.42. The number of rotatable bonds is 2. The summed E-state index contributed by atoms with van der Waals surface area (Å²) in [7, 11) is 1.67. The molecule has 0 aliphatic heterocycles. The molecule has 2 N–H and O–H groups in total. The topological polar surface area (TPSA) is 76.0 Å². The first kappa shape index (κ1) is 12.3. The van der Waals surface area contributed by atoms with Gasteiger partial charge < -0.3 is 0 Å². The monoisotopic (exact) mass is 264 g/mol. The first-order valence-corrected chi connectivity index (χ1v) is 6.10. The maximum Gasteiger partial charge on any atom is 0.287 e. The number of hydrogen-bond acceptors (Lipinski definition) is 4. The van der Waals surface area contributed by atoms with E-state index in [1.54, 1.807) is 37.6 Å². The van der Waals surface area contributed by atoms with Crippen molar-refractivity contribution < 1.29 is 9.59 Å². The van der Waals surface area contributed by atoms with E-state index in [1.807, 2.05) is 0 Å². The number of carbonyl (C=O) groups excluding carboxylic acids is 2. The van der Waals surface area contributed by atoms with Crippen LogP contribution in [-0.4, -0.2) is 21.6 Å². The number of aromatic nitrogens is 2. The van der Waals surface area contributed by atoms with Crippen molar-refractivity contribution in [2.45, 2.75) is 6.92 Å². The number of hydrogen-bond donors (Lipinski definition) is 2. The fourth-order valence-electron chi connectivity index (χ4n) is 1.47. The van der Waals surface area contributed by atoms with Gasteiger partial charge in [0.15, 0.2) is 0 Å². The van der Waals surface area contributed by atoms with E-state index in [0.29, 0.717) is 10.6 Å². The SMILES string of the molecule is Cc1cc(C(=O)NNC(=O)c2cccs2)n(C)n1. The summed E-state index contributed by atoms with van der Waals surface area (Å²) in [5, 5.41) is 5.85. The Bertz CT molecular complexity index is 574. The molecule has 0 radical (unpaired) electrons. The molecule has 0 unspecified atom stereocenters. The zero-order valence-electron chi connectivity index (χ0n) is 9.93. The van der Waals surface area contributed by atoms with Crippen LogP contribution in [0.2, 0.25) is 0 Å². The lowest BCUT2D eigenvalue weighted by molar-refractivity contribution is 0.0843. The van der Waals surface area contributed by atoms with Crippen LogP contribution >= 0.6 is 11.3 Å². The number of carbonyl (C=O) groups is 2. The number of nitrogens with one attached hydrogen (secondary N) is 2. The molecule has 0 aliphatic carbocycles. The zero-order valence-corrected chi connectivity index (χ0v) is 10.7. The second-order valence-electron chi connectivity index (χ2n) is 3.68. The highest BCUT2D eigenvalue weighted by Gasteiger charge is 2.13. The first-order chi connectivity index (χ1) is 8.58. The van der Waals surface area contributed by atoms with Crippen LogP contribution in [0.25, 0.3) is 0 Å². The number of amides is 2. The highest BCUT2D eigenvalue weighted by Crippen LogP contribution is 2.07. The lowest BCUT2D eigenvalue weighted by atomic mass is 10.3. The van der Waals surface area contributed by atoms with E-state index in [4.69, 9.17) is 0 Å². The Balaban J connectivity index is 1.97. The lowest BCUT2D eigenvalue weighted by Gasteiger charge is -2.05. The fraction of sp³-hybridized carbons (Fsp3) is 0.182. The lowest BCUT2D eigenvalue weighted by Crippen LogP contribution is -2.42. The van der Waals surface area contributed by atoms with Crippen molar-refractivity contribution in [2.24, 2.45) is 7.05 Å². The molecule has 2 rings (SSSR count). The van der Waals surface area contributed by atoms with Gasteiger partial charge in [0.05, 0.1) is 10.6 Å². The van der Waals surface area contributed by atoms with Gasteiger partial charge in [-0.3, -0.25) is 25.1 Å². The van der Waals surface area contributed by atoms with Crippen molar-refractivity contribution in [3.63, 3.8) is 0 Å². The molecule has 2 heterocycles. The second kappa shape index (κ2) is 5.01. The van der Waals surface area contributed by atoms with Gasteiger partial charge in [-0.05, 0) is 24.4 Å². The highest BCUT2D eigenvalue weighted by molar-refractivity contribution is 7.12. The Morgan fingerprint density at radius 2 is 2.06 bits per heavy atom. The summed E-state index contributed by atoms with van der Waals surface area (Å²) < 4.78 is 1.46. The average Bonchev–Trinajstić information content (AvgIpc) is 2.95. The second-order valence-corrected chi connectivity index (χ2v) is 4.63. The van der Waals surface area contributed by atoms with E-state index < -0.39 is 5.91 Å². The summed E-state index contributed by atoms with van der Waals surface area (Å²) in [4.78, 5) is 23.9. The highest BCUT2D eigenvalue weighted by atomic mass is 32.1. The molecular formula is C11H12N4O2S. The molecule has 18 heavy (non-hydrogen) atoms. The van der Waals surface area contributed by atoms with Crippen molar-refractivity contribution in [3.05, 3.63) is 39.8 Å². The van der Waals surface area contributed by atoms with Gasteiger partial charge in [-0.25, -0.2) is 0 Å². The first-order valence-electron chi connectivity index (χ1n) is 5.23. The van der Waals surface area contributed by atoms with Gasteiger partial charge in [0.1, 0.15) is 5.69 Å². The van der Waals surface area contributed by atoms with Gasteiger partial charge in [-0.1, -0.05) is 6.07 Å². The zero-order chi connectivity index (χ0) is 13.1. The van der Waals surface area contributed by atoms with Crippen molar-refractivity contribution in [1.82, 2.24) is 20.6 Å². The van der Waals surface area contributed by atoms with Crippen LogP contribution in [0.3, 0.4) is 0 Å². The molecule has 0 aromatic carbocycles. The largest absolute Gasteiger partial charge is 0.287 e. The van der Waals surface area contributed by atoms with E-state index in [0.717, 1.165) is 5.69 Å². The minimum absolute atomic E-state index is 0.336. The van der Waals surface area contributed by atoms with Crippen LogP contribution in [0.1, 0.15) is 25.9 Å². The standard InChI is InChI=1S/C11H12N4O2S/c1-7-6-8(15(2)14-7)10(16)12-13-11(17)9-4-3-5-18-9/h3-6H,1-2H3,(H,12,16)(H,13,17). The van der Waals surface area contributed by atoms with E-state index in [9.17, 15) is 9.59 Å². The van der Waals surface area contributed by atoms with Crippen LogP contribution in [0.15, 0.2) is 23.6 Å². The van der Waals surface area contributed by atoms with Gasteiger partial charge in [0, 0.05) is 7.05 Å². The molecule has 0 saturated carbocycles. The van der Waals surface area contributed by atoms with Crippen molar-refractivity contribution in [3.8, 4) is 0 Å². The van der Waals surface area contributed by atoms with Gasteiger partial charge in [0.25, 0.3) is 11.8 Å². The van der Waals surface area contributed by atoms with Crippen LogP contribution in [-0.2, 0) is 7.05 Å². The Hall–Kier alpha value is -2.15.